The molecular weight excluding hydrogens is 253 g/mol. The van der Waals surface area contributed by atoms with Gasteiger partial charge in [-0.3, -0.25) is 0 Å². The molecule has 2 atom stereocenters. The number of halogens is 3. The van der Waals surface area contributed by atoms with Crippen molar-refractivity contribution in [3.05, 3.63) is 29.6 Å². The first kappa shape index (κ1) is 14.2. The Morgan fingerprint density at radius 2 is 1.89 bits per heavy atom. The minimum Gasteiger partial charge on any atom is -0.363 e. The molecule has 0 saturated carbocycles. The van der Waals surface area contributed by atoms with Gasteiger partial charge in [0, 0.05) is 36.8 Å². The van der Waals surface area contributed by atoms with Gasteiger partial charge in [0.05, 0.1) is 5.69 Å². The maximum absolute atomic E-state index is 13.9. The molecule has 0 radical (unpaired) electrons. The average Bonchev–Trinajstić information content (AvgIpc) is 2.37. The summed E-state index contributed by atoms with van der Waals surface area (Å²) in [7, 11) is 0. The van der Waals surface area contributed by atoms with E-state index in [0.717, 1.165) is 12.5 Å². The van der Waals surface area contributed by atoms with E-state index in [2.05, 4.69) is 5.32 Å². The Labute approximate surface area is 111 Å². The third-order valence-corrected chi connectivity index (χ3v) is 3.96. The van der Waals surface area contributed by atoms with E-state index in [1.165, 1.54) is 0 Å². The third kappa shape index (κ3) is 2.71. The summed E-state index contributed by atoms with van der Waals surface area (Å²) in [4.78, 5) is 1.80. The number of nitrogens with zero attached hydrogens (tertiary/aromatic N) is 1. The molecule has 1 fully saturated rings. The normalized spacial score (nSPS) is 27.7. The van der Waals surface area contributed by atoms with E-state index in [0.29, 0.717) is 19.2 Å². The summed E-state index contributed by atoms with van der Waals surface area (Å²) >= 11 is 0. The number of benzene rings is 1. The van der Waals surface area contributed by atoms with Crippen molar-refractivity contribution in [2.75, 3.05) is 18.0 Å². The molecule has 1 N–H and O–H groups in total. The Kier molecular flexibility index (Phi) is 3.76. The van der Waals surface area contributed by atoms with Crippen molar-refractivity contribution in [1.29, 1.82) is 0 Å². The van der Waals surface area contributed by atoms with Gasteiger partial charge < -0.3 is 10.2 Å². The van der Waals surface area contributed by atoms with Gasteiger partial charge in [-0.25, -0.2) is 13.2 Å². The molecule has 2 nitrogen and oxygen atoms in total. The lowest BCUT2D eigenvalue weighted by molar-refractivity contribution is 0.284. The minimum absolute atomic E-state index is 0.0268. The van der Waals surface area contributed by atoms with Gasteiger partial charge in [0.2, 0.25) is 0 Å². The standard InChI is InChI=1S/C14H19F3N2/c1-4-14(3)8-19(9(2)7-18-14)13-6-11(16)10(15)5-12(13)17/h5-6,9,18H,4,7-8H2,1-3H3. The van der Waals surface area contributed by atoms with Gasteiger partial charge in [-0.05, 0) is 20.3 Å². The van der Waals surface area contributed by atoms with Gasteiger partial charge in [0.25, 0.3) is 0 Å². The first-order valence-corrected chi connectivity index (χ1v) is 6.52. The smallest absolute Gasteiger partial charge is 0.161 e. The summed E-state index contributed by atoms with van der Waals surface area (Å²) in [6, 6.07) is 1.59. The number of rotatable bonds is 2. The number of hydrogen-bond donors (Lipinski definition) is 1. The molecule has 19 heavy (non-hydrogen) atoms. The summed E-state index contributed by atoms with van der Waals surface area (Å²) in [5.74, 6) is -2.88. The molecule has 0 amide bonds. The molecule has 106 valence electrons. The van der Waals surface area contributed by atoms with Crippen molar-refractivity contribution >= 4 is 5.69 Å². The third-order valence-electron chi connectivity index (χ3n) is 3.96. The van der Waals surface area contributed by atoms with Crippen LogP contribution in [-0.2, 0) is 0 Å². The molecule has 1 aromatic rings. The van der Waals surface area contributed by atoms with Crippen molar-refractivity contribution in [3.8, 4) is 0 Å². The fourth-order valence-corrected chi connectivity index (χ4v) is 2.38. The van der Waals surface area contributed by atoms with E-state index >= 15 is 0 Å². The van der Waals surface area contributed by atoms with Crippen LogP contribution >= 0.6 is 0 Å². The fraction of sp³-hybridized carbons (Fsp3) is 0.571. The molecule has 0 spiro atoms. The maximum atomic E-state index is 13.9. The predicted molar refractivity (Wildman–Crippen MR) is 69.8 cm³/mol. The summed E-state index contributed by atoms with van der Waals surface area (Å²) in [5, 5.41) is 3.41. The molecule has 2 unspecified atom stereocenters. The van der Waals surface area contributed by atoms with E-state index < -0.39 is 17.5 Å². The lowest BCUT2D eigenvalue weighted by Gasteiger charge is -2.46. The highest BCUT2D eigenvalue weighted by molar-refractivity contribution is 5.50. The van der Waals surface area contributed by atoms with E-state index in [4.69, 9.17) is 0 Å². The molecule has 0 aromatic heterocycles. The molecule has 1 saturated heterocycles. The molecule has 2 rings (SSSR count). The number of piperazine rings is 1. The van der Waals surface area contributed by atoms with Gasteiger partial charge in [0.1, 0.15) is 5.82 Å². The van der Waals surface area contributed by atoms with Crippen molar-refractivity contribution in [2.45, 2.75) is 38.8 Å². The zero-order chi connectivity index (χ0) is 14.2. The summed E-state index contributed by atoms with van der Waals surface area (Å²) in [6.45, 7) is 7.27. The van der Waals surface area contributed by atoms with Gasteiger partial charge in [-0.2, -0.15) is 0 Å². The second-order valence-electron chi connectivity index (χ2n) is 5.49. The SMILES string of the molecule is CCC1(C)CN(c2cc(F)c(F)cc2F)C(C)CN1. The molecule has 1 aromatic carbocycles. The highest BCUT2D eigenvalue weighted by atomic mass is 19.2. The van der Waals surface area contributed by atoms with Crippen LogP contribution in [0.1, 0.15) is 27.2 Å². The zero-order valence-corrected chi connectivity index (χ0v) is 11.4. The van der Waals surface area contributed by atoms with E-state index in [9.17, 15) is 13.2 Å². The second-order valence-corrected chi connectivity index (χ2v) is 5.49. The first-order chi connectivity index (χ1) is 8.86. The van der Waals surface area contributed by atoms with Crippen molar-refractivity contribution in [2.24, 2.45) is 0 Å². The Morgan fingerprint density at radius 3 is 2.53 bits per heavy atom. The molecule has 1 aliphatic rings. The zero-order valence-electron chi connectivity index (χ0n) is 11.4. The van der Waals surface area contributed by atoms with Gasteiger partial charge in [-0.1, -0.05) is 6.92 Å². The van der Waals surface area contributed by atoms with Crippen molar-refractivity contribution in [3.63, 3.8) is 0 Å². The topological polar surface area (TPSA) is 15.3 Å². The lowest BCUT2D eigenvalue weighted by Crippen LogP contribution is -2.62. The second kappa shape index (κ2) is 5.04. The molecule has 5 heteroatoms. The van der Waals surface area contributed by atoms with Crippen LogP contribution in [0.15, 0.2) is 12.1 Å². The molecule has 1 aliphatic heterocycles. The van der Waals surface area contributed by atoms with Crippen molar-refractivity contribution < 1.29 is 13.2 Å². The van der Waals surface area contributed by atoms with E-state index in [-0.39, 0.29) is 17.3 Å². The predicted octanol–water partition coefficient (Wildman–Crippen LogP) is 3.07. The summed E-state index contributed by atoms with van der Waals surface area (Å²) in [6.07, 6.45) is 0.877. The molecule has 0 aliphatic carbocycles. The van der Waals surface area contributed by atoms with E-state index in [1.54, 1.807) is 4.90 Å². The lowest BCUT2D eigenvalue weighted by atomic mass is 9.93. The van der Waals surface area contributed by atoms with Crippen LogP contribution in [0.3, 0.4) is 0 Å². The van der Waals surface area contributed by atoms with E-state index in [1.807, 2.05) is 20.8 Å². The van der Waals surface area contributed by atoms with Crippen LogP contribution in [0.5, 0.6) is 0 Å². The van der Waals surface area contributed by atoms with Gasteiger partial charge in [0.15, 0.2) is 11.6 Å². The first-order valence-electron chi connectivity index (χ1n) is 6.52. The monoisotopic (exact) mass is 272 g/mol. The quantitative estimate of drug-likeness (QED) is 0.832. The number of hydrogen-bond acceptors (Lipinski definition) is 2. The molecule has 1 heterocycles. The van der Waals surface area contributed by atoms with Crippen LogP contribution in [0.25, 0.3) is 0 Å². The van der Waals surface area contributed by atoms with Crippen LogP contribution in [-0.4, -0.2) is 24.7 Å². The highest BCUT2D eigenvalue weighted by Crippen LogP contribution is 2.29. The number of nitrogens with one attached hydrogen (secondary N) is 1. The van der Waals surface area contributed by atoms with Gasteiger partial charge in [-0.15, -0.1) is 0 Å². The fourth-order valence-electron chi connectivity index (χ4n) is 2.38. The van der Waals surface area contributed by atoms with Gasteiger partial charge >= 0.3 is 0 Å². The maximum Gasteiger partial charge on any atom is 0.161 e. The summed E-state index contributed by atoms with van der Waals surface area (Å²) < 4.78 is 40.2. The van der Waals surface area contributed by atoms with Crippen LogP contribution in [0.4, 0.5) is 18.9 Å². The Morgan fingerprint density at radius 1 is 1.26 bits per heavy atom. The minimum atomic E-state index is -1.15. The van der Waals surface area contributed by atoms with Crippen LogP contribution in [0.2, 0.25) is 0 Å². The Bertz CT molecular complexity index is 478. The average molecular weight is 272 g/mol. The highest BCUT2D eigenvalue weighted by Gasteiger charge is 2.34. The molecule has 0 bridgehead atoms. The summed E-state index contributed by atoms with van der Waals surface area (Å²) in [5.41, 5.74) is -0.0170. The van der Waals surface area contributed by atoms with Crippen molar-refractivity contribution in [1.82, 2.24) is 5.32 Å². The Balaban J connectivity index is 2.36. The number of anilines is 1. The largest absolute Gasteiger partial charge is 0.363 e. The van der Waals surface area contributed by atoms with Crippen LogP contribution < -0.4 is 10.2 Å². The Hall–Kier alpha value is -1.23. The molecular formula is C14H19F3N2. The van der Waals surface area contributed by atoms with Crippen LogP contribution in [0, 0.1) is 17.5 Å².